The summed E-state index contributed by atoms with van der Waals surface area (Å²) in [6.07, 6.45) is 1.10. The molecule has 0 heterocycles. The van der Waals surface area contributed by atoms with Crippen molar-refractivity contribution in [1.82, 2.24) is 10.6 Å². The van der Waals surface area contributed by atoms with Crippen LogP contribution in [0.25, 0.3) is 0 Å². The second-order valence-electron chi connectivity index (χ2n) is 3.36. The molecule has 15 heavy (non-hydrogen) atoms. The van der Waals surface area contributed by atoms with Crippen molar-refractivity contribution in [2.24, 2.45) is 0 Å². The first-order chi connectivity index (χ1) is 7.36. The van der Waals surface area contributed by atoms with Crippen LogP contribution in [-0.2, 0) is 6.42 Å². The monoisotopic (exact) mass is 224 g/mol. The Balaban J connectivity index is 2.29. The van der Waals surface area contributed by atoms with E-state index in [0.717, 1.165) is 25.4 Å². The van der Waals surface area contributed by atoms with Crippen LogP contribution in [0.3, 0.4) is 0 Å². The van der Waals surface area contributed by atoms with Crippen molar-refractivity contribution in [2.75, 3.05) is 26.0 Å². The predicted molar refractivity (Wildman–Crippen MR) is 68.5 cm³/mol. The lowest BCUT2D eigenvalue weighted by atomic mass is 10.1. The molecule has 1 aromatic rings. The summed E-state index contributed by atoms with van der Waals surface area (Å²) in [7, 11) is 1.95. The molecule has 0 saturated heterocycles. The smallest absolute Gasteiger partial charge is 0.0451 e. The number of nitrogens with one attached hydrogen (secondary N) is 2. The lowest BCUT2D eigenvalue weighted by Crippen LogP contribution is -2.27. The Morgan fingerprint density at radius 1 is 1.20 bits per heavy atom. The molecule has 0 aliphatic carbocycles. The van der Waals surface area contributed by atoms with Gasteiger partial charge < -0.3 is 10.6 Å². The van der Waals surface area contributed by atoms with Gasteiger partial charge in [-0.2, -0.15) is 0 Å². The Morgan fingerprint density at radius 3 is 2.53 bits per heavy atom. The van der Waals surface area contributed by atoms with Crippen molar-refractivity contribution in [3.8, 4) is 0 Å². The van der Waals surface area contributed by atoms with Gasteiger partial charge in [0.05, 0.1) is 0 Å². The third kappa shape index (κ3) is 5.21. The van der Waals surface area contributed by atoms with Gasteiger partial charge in [0.2, 0.25) is 0 Å². The maximum atomic E-state index is 3.31. The number of rotatable bonds is 7. The second-order valence-corrected chi connectivity index (χ2v) is 4.69. The molecule has 0 aliphatic heterocycles. The lowest BCUT2D eigenvalue weighted by molar-refractivity contribution is 0.631. The van der Waals surface area contributed by atoms with Gasteiger partial charge in [-0.3, -0.25) is 0 Å². The molecule has 0 aromatic heterocycles. The van der Waals surface area contributed by atoms with E-state index in [9.17, 15) is 0 Å². The normalized spacial score (nSPS) is 10.5. The molecule has 2 N–H and O–H groups in total. The first-order valence-electron chi connectivity index (χ1n) is 5.44. The minimum atomic E-state index is 0.879. The zero-order chi connectivity index (χ0) is 10.9. The standard InChI is InChI=1S/C12H20N2S/c1-3-15-12-6-4-11(5-7-12)8-9-14-10-13-2/h4-7,13-14H,3,8-10H2,1-2H3. The highest BCUT2D eigenvalue weighted by molar-refractivity contribution is 7.99. The van der Waals surface area contributed by atoms with Crippen molar-refractivity contribution in [1.29, 1.82) is 0 Å². The van der Waals surface area contributed by atoms with Crippen LogP contribution in [0.1, 0.15) is 12.5 Å². The minimum Gasteiger partial charge on any atom is -0.308 e. The third-order valence-electron chi connectivity index (χ3n) is 2.13. The van der Waals surface area contributed by atoms with E-state index in [2.05, 4.69) is 41.8 Å². The van der Waals surface area contributed by atoms with E-state index in [1.807, 2.05) is 18.8 Å². The largest absolute Gasteiger partial charge is 0.308 e. The Hall–Kier alpha value is -0.510. The van der Waals surface area contributed by atoms with Crippen molar-refractivity contribution in [3.05, 3.63) is 29.8 Å². The molecule has 3 heteroatoms. The first kappa shape index (κ1) is 12.6. The highest BCUT2D eigenvalue weighted by atomic mass is 32.2. The fourth-order valence-corrected chi connectivity index (χ4v) is 2.03. The molecule has 0 aliphatic rings. The third-order valence-corrected chi connectivity index (χ3v) is 3.02. The molecule has 0 spiro atoms. The molecular weight excluding hydrogens is 204 g/mol. The SMILES string of the molecule is CCSc1ccc(CCNCNC)cc1. The van der Waals surface area contributed by atoms with Gasteiger partial charge in [-0.15, -0.1) is 11.8 Å². The molecule has 2 nitrogen and oxygen atoms in total. The van der Waals surface area contributed by atoms with Crippen molar-refractivity contribution < 1.29 is 0 Å². The van der Waals surface area contributed by atoms with Crippen LogP contribution in [0.5, 0.6) is 0 Å². The van der Waals surface area contributed by atoms with Crippen LogP contribution < -0.4 is 10.6 Å². The average Bonchev–Trinajstić information content (AvgIpc) is 2.27. The molecule has 0 saturated carbocycles. The molecule has 0 radical (unpaired) electrons. The zero-order valence-electron chi connectivity index (χ0n) is 9.55. The van der Waals surface area contributed by atoms with E-state index in [4.69, 9.17) is 0 Å². The van der Waals surface area contributed by atoms with E-state index in [-0.39, 0.29) is 0 Å². The molecular formula is C12H20N2S. The summed E-state index contributed by atoms with van der Waals surface area (Å²) < 4.78 is 0. The summed E-state index contributed by atoms with van der Waals surface area (Å²) in [4.78, 5) is 1.37. The summed E-state index contributed by atoms with van der Waals surface area (Å²) >= 11 is 1.89. The zero-order valence-corrected chi connectivity index (χ0v) is 10.4. The van der Waals surface area contributed by atoms with Gasteiger partial charge in [0, 0.05) is 18.1 Å². The molecule has 0 unspecified atom stereocenters. The topological polar surface area (TPSA) is 24.1 Å². The molecule has 84 valence electrons. The van der Waals surface area contributed by atoms with Gasteiger partial charge in [-0.25, -0.2) is 0 Å². The quantitative estimate of drug-likeness (QED) is 0.421. The Labute approximate surface area is 96.8 Å². The number of hydrogen-bond acceptors (Lipinski definition) is 3. The summed E-state index contributed by atoms with van der Waals surface area (Å²) in [6, 6.07) is 8.86. The van der Waals surface area contributed by atoms with Gasteiger partial charge in [-0.05, 0) is 36.9 Å². The van der Waals surface area contributed by atoms with Crippen molar-refractivity contribution >= 4 is 11.8 Å². The highest BCUT2D eigenvalue weighted by Gasteiger charge is 1.94. The lowest BCUT2D eigenvalue weighted by Gasteiger charge is -2.05. The van der Waals surface area contributed by atoms with Crippen LogP contribution in [0.2, 0.25) is 0 Å². The van der Waals surface area contributed by atoms with Crippen LogP contribution in [0, 0.1) is 0 Å². The molecule has 0 amide bonds. The number of thioether (sulfide) groups is 1. The predicted octanol–water partition coefficient (Wildman–Crippen LogP) is 2.11. The van der Waals surface area contributed by atoms with Gasteiger partial charge in [0.15, 0.2) is 0 Å². The summed E-state index contributed by atoms with van der Waals surface area (Å²) in [5.74, 6) is 1.14. The van der Waals surface area contributed by atoms with Gasteiger partial charge in [0.25, 0.3) is 0 Å². The minimum absolute atomic E-state index is 0.879. The van der Waals surface area contributed by atoms with E-state index < -0.39 is 0 Å². The Bertz CT molecular complexity index is 259. The molecule has 1 rings (SSSR count). The molecule has 0 atom stereocenters. The maximum Gasteiger partial charge on any atom is 0.0451 e. The van der Waals surface area contributed by atoms with Crippen molar-refractivity contribution in [2.45, 2.75) is 18.2 Å². The Morgan fingerprint density at radius 2 is 1.93 bits per heavy atom. The fourth-order valence-electron chi connectivity index (χ4n) is 1.37. The molecule has 0 fully saturated rings. The first-order valence-corrected chi connectivity index (χ1v) is 6.42. The summed E-state index contributed by atoms with van der Waals surface area (Å²) in [6.45, 7) is 4.09. The van der Waals surface area contributed by atoms with Crippen LogP contribution in [-0.4, -0.2) is 26.0 Å². The van der Waals surface area contributed by atoms with Crippen molar-refractivity contribution in [3.63, 3.8) is 0 Å². The summed E-state index contributed by atoms with van der Waals surface area (Å²) in [5, 5.41) is 6.37. The van der Waals surface area contributed by atoms with Gasteiger partial charge >= 0.3 is 0 Å². The van der Waals surface area contributed by atoms with E-state index >= 15 is 0 Å². The average molecular weight is 224 g/mol. The van der Waals surface area contributed by atoms with Crippen LogP contribution in [0.15, 0.2) is 29.2 Å². The molecule has 0 bridgehead atoms. The summed E-state index contributed by atoms with van der Waals surface area (Å²) in [5.41, 5.74) is 1.40. The maximum absolute atomic E-state index is 3.31. The second kappa shape index (κ2) is 7.74. The van der Waals surface area contributed by atoms with Gasteiger partial charge in [0.1, 0.15) is 0 Å². The van der Waals surface area contributed by atoms with E-state index in [0.29, 0.717) is 0 Å². The Kier molecular flexibility index (Phi) is 6.48. The molecule has 1 aromatic carbocycles. The fraction of sp³-hybridized carbons (Fsp3) is 0.500. The number of hydrogen-bond donors (Lipinski definition) is 2. The van der Waals surface area contributed by atoms with E-state index in [1.165, 1.54) is 10.5 Å². The number of benzene rings is 1. The van der Waals surface area contributed by atoms with Crippen LogP contribution >= 0.6 is 11.8 Å². The van der Waals surface area contributed by atoms with Gasteiger partial charge in [-0.1, -0.05) is 19.1 Å². The van der Waals surface area contributed by atoms with E-state index in [1.54, 1.807) is 0 Å². The highest BCUT2D eigenvalue weighted by Crippen LogP contribution is 2.17. The van der Waals surface area contributed by atoms with Crippen LogP contribution in [0.4, 0.5) is 0 Å².